The number of carboxylic acid groups (broad SMARTS) is 1. The highest BCUT2D eigenvalue weighted by atomic mass is 16.4. The van der Waals surface area contributed by atoms with E-state index in [0.29, 0.717) is 12.8 Å². The van der Waals surface area contributed by atoms with Crippen molar-refractivity contribution in [2.45, 2.75) is 66.2 Å². The second-order valence-electron chi connectivity index (χ2n) is 6.20. The summed E-state index contributed by atoms with van der Waals surface area (Å²) in [6.07, 6.45) is 9.34. The molecule has 3 nitrogen and oxygen atoms in total. The monoisotopic (exact) mass is 306 g/mol. The normalized spacial score (nSPS) is 12.6. The van der Waals surface area contributed by atoms with Crippen LogP contribution in [0.4, 0.5) is 0 Å². The Bertz CT molecular complexity index is 437. The third-order valence-corrected chi connectivity index (χ3v) is 3.66. The minimum absolute atomic E-state index is 0.282. The van der Waals surface area contributed by atoms with Crippen LogP contribution < -0.4 is 0 Å². The van der Waals surface area contributed by atoms with Crippen LogP contribution in [0.3, 0.4) is 0 Å². The lowest BCUT2D eigenvalue weighted by Crippen LogP contribution is -2.21. The number of rotatable bonds is 11. The summed E-state index contributed by atoms with van der Waals surface area (Å²) in [5, 5.41) is 8.96. The molecule has 0 aromatic carbocycles. The van der Waals surface area contributed by atoms with Gasteiger partial charge in [0, 0.05) is 0 Å². The van der Waals surface area contributed by atoms with Crippen molar-refractivity contribution in [1.82, 2.24) is 0 Å². The number of carbonyl (C=O) groups is 2. The molecule has 0 heterocycles. The van der Waals surface area contributed by atoms with Crippen molar-refractivity contribution in [3.63, 3.8) is 0 Å². The van der Waals surface area contributed by atoms with Gasteiger partial charge in [0.1, 0.15) is 11.7 Å². The van der Waals surface area contributed by atoms with E-state index in [1.807, 2.05) is 0 Å². The fraction of sp³-hybridized carbons (Fsp3) is 0.579. The molecule has 0 radical (unpaired) electrons. The molecule has 1 atom stereocenters. The zero-order valence-corrected chi connectivity index (χ0v) is 14.4. The van der Waals surface area contributed by atoms with Gasteiger partial charge in [-0.15, -0.1) is 0 Å². The lowest BCUT2D eigenvalue weighted by molar-refractivity contribution is -0.145. The average Bonchev–Trinajstić information content (AvgIpc) is 2.37. The quantitative estimate of drug-likeness (QED) is 0.427. The number of aliphatic carboxylic acids is 1. The van der Waals surface area contributed by atoms with Crippen molar-refractivity contribution >= 4 is 11.8 Å². The summed E-state index contributed by atoms with van der Waals surface area (Å²) in [7, 11) is 0. The smallest absolute Gasteiger partial charge is 0.314 e. The lowest BCUT2D eigenvalue weighted by atomic mass is 9.95. The van der Waals surface area contributed by atoms with Crippen molar-refractivity contribution in [2.75, 3.05) is 0 Å². The summed E-state index contributed by atoms with van der Waals surface area (Å²) in [5.41, 5.74) is 3.73. The van der Waals surface area contributed by atoms with Gasteiger partial charge >= 0.3 is 5.97 Å². The zero-order chi connectivity index (χ0) is 17.1. The summed E-state index contributed by atoms with van der Waals surface area (Å²) in [4.78, 5) is 22.2. The Labute approximate surface area is 134 Å². The minimum atomic E-state index is -1.03. The molecule has 1 N–H and O–H groups in total. The molecule has 0 aliphatic rings. The maximum absolute atomic E-state index is 11.2. The van der Waals surface area contributed by atoms with Gasteiger partial charge < -0.3 is 5.11 Å². The Hall–Kier alpha value is -1.64. The van der Waals surface area contributed by atoms with Gasteiger partial charge in [0.25, 0.3) is 0 Å². The van der Waals surface area contributed by atoms with Crippen LogP contribution in [-0.2, 0) is 9.59 Å². The van der Waals surface area contributed by atoms with Crippen LogP contribution >= 0.6 is 0 Å². The van der Waals surface area contributed by atoms with Gasteiger partial charge in [-0.2, -0.15) is 0 Å². The molecule has 22 heavy (non-hydrogen) atoms. The van der Waals surface area contributed by atoms with Gasteiger partial charge in [0.05, 0.1) is 0 Å². The van der Waals surface area contributed by atoms with E-state index in [1.165, 1.54) is 18.1 Å². The highest BCUT2D eigenvalue weighted by Gasteiger charge is 2.21. The largest absolute Gasteiger partial charge is 0.481 e. The predicted molar refractivity (Wildman–Crippen MR) is 91.8 cm³/mol. The minimum Gasteiger partial charge on any atom is -0.481 e. The Kier molecular flexibility index (Phi) is 10.2. The lowest BCUT2D eigenvalue weighted by Gasteiger charge is -2.09. The molecule has 0 amide bonds. The molecular formula is C19H30O3. The fourth-order valence-corrected chi connectivity index (χ4v) is 2.19. The first-order valence-electron chi connectivity index (χ1n) is 7.93. The third kappa shape index (κ3) is 10.1. The van der Waals surface area contributed by atoms with Crippen molar-refractivity contribution in [3.05, 3.63) is 35.5 Å². The molecule has 0 rings (SSSR count). The number of hydrogen-bond acceptors (Lipinski definition) is 2. The van der Waals surface area contributed by atoms with Crippen LogP contribution in [0.1, 0.15) is 66.2 Å². The molecule has 0 bridgehead atoms. The van der Waals surface area contributed by atoms with Gasteiger partial charge in [0.2, 0.25) is 0 Å². The van der Waals surface area contributed by atoms with Crippen LogP contribution in [0.2, 0.25) is 0 Å². The van der Waals surface area contributed by atoms with Crippen LogP contribution in [0.25, 0.3) is 0 Å². The fourth-order valence-electron chi connectivity index (χ4n) is 2.19. The van der Waals surface area contributed by atoms with Crippen molar-refractivity contribution in [2.24, 2.45) is 5.92 Å². The Morgan fingerprint density at radius 3 is 2.09 bits per heavy atom. The van der Waals surface area contributed by atoms with E-state index >= 15 is 0 Å². The number of carboxylic acids is 1. The molecule has 0 aromatic rings. The van der Waals surface area contributed by atoms with Gasteiger partial charge in [0.15, 0.2) is 0 Å². The zero-order valence-electron chi connectivity index (χ0n) is 14.4. The molecule has 0 saturated heterocycles. The van der Waals surface area contributed by atoms with E-state index in [9.17, 15) is 9.59 Å². The molecular weight excluding hydrogens is 276 g/mol. The molecule has 1 unspecified atom stereocenters. The third-order valence-electron chi connectivity index (χ3n) is 3.66. The van der Waals surface area contributed by atoms with Crippen molar-refractivity contribution in [3.8, 4) is 0 Å². The molecule has 0 saturated carbocycles. The van der Waals surface area contributed by atoms with Crippen LogP contribution in [-0.4, -0.2) is 16.9 Å². The maximum atomic E-state index is 11.2. The molecule has 0 aromatic heterocycles. The van der Waals surface area contributed by atoms with Gasteiger partial charge in [-0.25, -0.2) is 0 Å². The highest BCUT2D eigenvalue weighted by molar-refractivity contribution is 5.96. The summed E-state index contributed by atoms with van der Waals surface area (Å²) in [5.74, 6) is -2.20. The van der Waals surface area contributed by atoms with E-state index < -0.39 is 11.9 Å². The number of ketones is 1. The molecule has 0 fully saturated rings. The first kappa shape index (κ1) is 20.4. The van der Waals surface area contributed by atoms with E-state index in [-0.39, 0.29) is 5.78 Å². The molecule has 0 aliphatic carbocycles. The first-order chi connectivity index (χ1) is 10.2. The number of Topliss-reactive ketones (excluding diaryl/α,β-unsaturated/α-hetero) is 1. The standard InChI is InChI=1S/C19H30O3/c1-14(2)8-6-9-15(3)10-7-11-16(4)12-13-18(17(5)20)19(21)22/h8,10,18H,4,6-7,9,11-13H2,1-3,5H3,(H,21,22). The van der Waals surface area contributed by atoms with Gasteiger partial charge in [-0.1, -0.05) is 35.5 Å². The van der Waals surface area contributed by atoms with E-state index in [0.717, 1.165) is 31.3 Å². The Balaban J connectivity index is 4.06. The van der Waals surface area contributed by atoms with Crippen LogP contribution in [0, 0.1) is 5.92 Å². The molecule has 0 aliphatic heterocycles. The molecule has 0 spiro atoms. The molecule has 124 valence electrons. The Morgan fingerprint density at radius 2 is 1.59 bits per heavy atom. The first-order valence-corrected chi connectivity index (χ1v) is 7.93. The average molecular weight is 306 g/mol. The van der Waals surface area contributed by atoms with E-state index in [4.69, 9.17) is 5.11 Å². The SMILES string of the molecule is C=C(CCC=C(C)CCC=C(C)C)CCC(C(C)=O)C(=O)O. The topological polar surface area (TPSA) is 54.4 Å². The highest BCUT2D eigenvalue weighted by Crippen LogP contribution is 2.17. The molecule has 3 heteroatoms. The summed E-state index contributed by atoms with van der Waals surface area (Å²) < 4.78 is 0. The summed E-state index contributed by atoms with van der Waals surface area (Å²) in [6, 6.07) is 0. The van der Waals surface area contributed by atoms with Crippen LogP contribution in [0.5, 0.6) is 0 Å². The van der Waals surface area contributed by atoms with E-state index in [1.54, 1.807) is 0 Å². The summed E-state index contributed by atoms with van der Waals surface area (Å²) >= 11 is 0. The maximum Gasteiger partial charge on any atom is 0.314 e. The Morgan fingerprint density at radius 1 is 1.00 bits per heavy atom. The van der Waals surface area contributed by atoms with Crippen molar-refractivity contribution < 1.29 is 14.7 Å². The summed E-state index contributed by atoms with van der Waals surface area (Å²) in [6.45, 7) is 11.7. The second-order valence-corrected chi connectivity index (χ2v) is 6.20. The second kappa shape index (κ2) is 11.0. The van der Waals surface area contributed by atoms with Gasteiger partial charge in [-0.3, -0.25) is 9.59 Å². The number of carbonyl (C=O) groups excluding carboxylic acids is 1. The number of allylic oxidation sites excluding steroid dienone is 5. The van der Waals surface area contributed by atoms with Crippen LogP contribution in [0.15, 0.2) is 35.5 Å². The van der Waals surface area contributed by atoms with Gasteiger partial charge in [-0.05, 0) is 66.2 Å². The van der Waals surface area contributed by atoms with E-state index in [2.05, 4.69) is 39.5 Å². The number of hydrogen-bond donors (Lipinski definition) is 1. The van der Waals surface area contributed by atoms with Crippen molar-refractivity contribution in [1.29, 1.82) is 0 Å². The predicted octanol–water partition coefficient (Wildman–Crippen LogP) is 5.09.